The first-order chi connectivity index (χ1) is 19.7. The van der Waals surface area contributed by atoms with Crippen LogP contribution >= 0.6 is 0 Å². The number of nitrogens with two attached hydrogens (primary N) is 1. The zero-order valence-corrected chi connectivity index (χ0v) is 23.0. The summed E-state index contributed by atoms with van der Waals surface area (Å²) in [6.07, 6.45) is 5.91. The maximum atomic E-state index is 13.3. The van der Waals surface area contributed by atoms with E-state index < -0.39 is 18.6 Å². The van der Waals surface area contributed by atoms with Gasteiger partial charge in [0.25, 0.3) is 0 Å². The van der Waals surface area contributed by atoms with Crippen LogP contribution in [-0.4, -0.2) is 71.7 Å². The number of benzene rings is 1. The van der Waals surface area contributed by atoms with E-state index in [2.05, 4.69) is 10.1 Å². The average molecular weight is 553 g/mol. The van der Waals surface area contributed by atoms with Crippen LogP contribution in [0.5, 0.6) is 0 Å². The molecule has 41 heavy (non-hydrogen) atoms. The lowest BCUT2D eigenvalue weighted by atomic mass is 9.37. The molecule has 4 N–H and O–H groups in total. The van der Waals surface area contributed by atoms with E-state index >= 15 is 0 Å². The van der Waals surface area contributed by atoms with Crippen LogP contribution in [0.1, 0.15) is 55.1 Å². The van der Waals surface area contributed by atoms with Crippen LogP contribution in [0.15, 0.2) is 54.9 Å². The van der Waals surface area contributed by atoms with Crippen LogP contribution in [0, 0.1) is 10.8 Å². The van der Waals surface area contributed by atoms with Crippen LogP contribution in [-0.2, 0) is 4.79 Å². The molecule has 1 saturated heterocycles. The molecular formula is C31H32N6O4. The number of aliphatic hydroxyl groups is 2. The van der Waals surface area contributed by atoms with Crippen molar-refractivity contribution in [2.45, 2.75) is 51.1 Å². The van der Waals surface area contributed by atoms with Gasteiger partial charge in [0.05, 0.1) is 41.8 Å². The topological polar surface area (TPSA) is 147 Å². The second-order valence-electron chi connectivity index (χ2n) is 12.0. The number of ketones is 1. The number of nitrogens with zero attached hydrogens (tertiary/aromatic N) is 5. The standard InChI is InChI=1S/C31H32N6O4/c1-17(40)25-26(21-12-24-31(21)11-10-23(31)36(24)29(41)30(2,15-38)16-39)35-28-20(14-34-37(28)27(25)32)19-8-9-22(33-13-19)18-6-4-3-5-7-18/h3-9,13-14,21,23-24,38-39H,10-12,15-16,32H2,1-2H3. The van der Waals surface area contributed by atoms with Crippen molar-refractivity contribution in [1.82, 2.24) is 24.5 Å². The Hall–Kier alpha value is -4.15. The number of Topliss-reactive ketones (excluding diaryl/α,β-unsaturated/α-hetero) is 1. The smallest absolute Gasteiger partial charge is 0.233 e. The molecule has 10 nitrogen and oxygen atoms in total. The van der Waals surface area contributed by atoms with E-state index in [0.717, 1.165) is 35.2 Å². The van der Waals surface area contributed by atoms with Gasteiger partial charge in [-0.3, -0.25) is 14.6 Å². The molecule has 10 heteroatoms. The number of carbonyl (C=O) groups is 2. The number of anilines is 1. The normalized spacial score (nSPS) is 24.6. The number of hydrogen-bond donors (Lipinski definition) is 3. The number of piperidine rings is 2. The van der Waals surface area contributed by atoms with E-state index in [4.69, 9.17) is 10.7 Å². The molecule has 7 rings (SSSR count). The number of likely N-dealkylation sites (tertiary alicyclic amines) is 1. The largest absolute Gasteiger partial charge is 0.395 e. The maximum Gasteiger partial charge on any atom is 0.233 e. The maximum absolute atomic E-state index is 13.3. The molecule has 1 amide bonds. The molecule has 1 aliphatic heterocycles. The molecule has 2 saturated carbocycles. The van der Waals surface area contributed by atoms with Crippen LogP contribution in [0.4, 0.5) is 5.82 Å². The first kappa shape index (κ1) is 25.8. The van der Waals surface area contributed by atoms with Crippen molar-refractivity contribution >= 4 is 23.2 Å². The molecule has 4 atom stereocenters. The minimum atomic E-state index is -1.21. The summed E-state index contributed by atoms with van der Waals surface area (Å²) in [5, 5.41) is 24.1. The van der Waals surface area contributed by atoms with E-state index in [1.807, 2.05) is 47.4 Å². The molecule has 4 unspecified atom stereocenters. The van der Waals surface area contributed by atoms with Crippen molar-refractivity contribution in [1.29, 1.82) is 0 Å². The molecule has 3 aliphatic rings. The van der Waals surface area contributed by atoms with Crippen LogP contribution in [0.3, 0.4) is 0 Å². The number of hydrogen-bond acceptors (Lipinski definition) is 8. The fourth-order valence-corrected chi connectivity index (χ4v) is 7.37. The number of aliphatic hydroxyl groups excluding tert-OH is 2. The molecule has 0 radical (unpaired) electrons. The predicted molar refractivity (Wildman–Crippen MR) is 152 cm³/mol. The van der Waals surface area contributed by atoms with Gasteiger partial charge in [-0.15, -0.1) is 0 Å². The van der Waals surface area contributed by atoms with Gasteiger partial charge < -0.3 is 20.8 Å². The Balaban J connectivity index is 1.26. The quantitative estimate of drug-likeness (QED) is 0.297. The Labute approximate surface area is 236 Å². The number of rotatable bonds is 7. The Morgan fingerprint density at radius 3 is 2.41 bits per heavy atom. The molecule has 1 spiro atoms. The summed E-state index contributed by atoms with van der Waals surface area (Å²) in [4.78, 5) is 37.8. The molecular weight excluding hydrogens is 520 g/mol. The highest BCUT2D eigenvalue weighted by Crippen LogP contribution is 2.74. The van der Waals surface area contributed by atoms with Crippen LogP contribution in [0.2, 0.25) is 0 Å². The minimum Gasteiger partial charge on any atom is -0.395 e. The Kier molecular flexibility index (Phi) is 5.61. The third kappa shape index (κ3) is 3.34. The van der Waals surface area contributed by atoms with E-state index in [0.29, 0.717) is 23.3 Å². The molecule has 210 valence electrons. The highest BCUT2D eigenvalue weighted by atomic mass is 16.3. The van der Waals surface area contributed by atoms with Gasteiger partial charge in [0.1, 0.15) is 5.82 Å². The number of carbonyl (C=O) groups excluding carboxylic acids is 2. The van der Waals surface area contributed by atoms with Gasteiger partial charge in [-0.1, -0.05) is 36.4 Å². The van der Waals surface area contributed by atoms with Crippen molar-refractivity contribution < 1.29 is 19.8 Å². The minimum absolute atomic E-state index is 0.00523. The van der Waals surface area contributed by atoms with Crippen molar-refractivity contribution in [2.24, 2.45) is 10.8 Å². The molecule has 0 bridgehead atoms. The number of aromatic nitrogens is 4. The highest BCUT2D eigenvalue weighted by molar-refractivity contribution is 6.00. The first-order valence-electron chi connectivity index (χ1n) is 14.0. The van der Waals surface area contributed by atoms with E-state index in [-0.39, 0.29) is 40.9 Å². The van der Waals surface area contributed by atoms with Crippen LogP contribution < -0.4 is 5.73 Å². The fourth-order valence-electron chi connectivity index (χ4n) is 7.37. The van der Waals surface area contributed by atoms with E-state index in [9.17, 15) is 19.8 Å². The predicted octanol–water partition coefficient (Wildman–Crippen LogP) is 3.08. The van der Waals surface area contributed by atoms with Gasteiger partial charge >= 0.3 is 0 Å². The van der Waals surface area contributed by atoms with Crippen LogP contribution in [0.25, 0.3) is 28.0 Å². The number of nitrogen functional groups attached to an aromatic ring is 1. The zero-order valence-electron chi connectivity index (χ0n) is 23.0. The van der Waals surface area contributed by atoms with Crippen molar-refractivity contribution in [3.63, 3.8) is 0 Å². The third-order valence-corrected chi connectivity index (χ3v) is 9.86. The summed E-state index contributed by atoms with van der Waals surface area (Å²) in [6, 6.07) is 13.9. The second kappa shape index (κ2) is 8.92. The fraction of sp³-hybridized carbons (Fsp3) is 0.387. The summed E-state index contributed by atoms with van der Waals surface area (Å²) >= 11 is 0. The lowest BCUT2D eigenvalue weighted by Crippen LogP contribution is -2.86. The Morgan fingerprint density at radius 2 is 1.83 bits per heavy atom. The van der Waals surface area contributed by atoms with E-state index in [1.165, 1.54) is 11.4 Å². The Bertz CT molecular complexity index is 1690. The molecule has 2 aliphatic carbocycles. The monoisotopic (exact) mass is 552 g/mol. The summed E-state index contributed by atoms with van der Waals surface area (Å²) in [7, 11) is 0. The summed E-state index contributed by atoms with van der Waals surface area (Å²) in [5.41, 5.74) is 10.3. The van der Waals surface area contributed by atoms with Crippen molar-refractivity contribution in [2.75, 3.05) is 18.9 Å². The highest BCUT2D eigenvalue weighted by Gasteiger charge is 2.77. The van der Waals surface area contributed by atoms with Crippen molar-refractivity contribution in [3.8, 4) is 22.4 Å². The van der Waals surface area contributed by atoms with Gasteiger partial charge in [-0.25, -0.2) is 4.98 Å². The number of fused-ring (bicyclic) bond motifs is 1. The van der Waals surface area contributed by atoms with E-state index in [1.54, 1.807) is 19.3 Å². The number of amides is 1. The molecule has 3 fully saturated rings. The molecule has 3 aromatic heterocycles. The van der Waals surface area contributed by atoms with Crippen molar-refractivity contribution in [3.05, 3.63) is 66.1 Å². The summed E-state index contributed by atoms with van der Waals surface area (Å²) < 4.78 is 1.53. The Morgan fingerprint density at radius 1 is 1.07 bits per heavy atom. The second-order valence-corrected chi connectivity index (χ2v) is 12.0. The van der Waals surface area contributed by atoms with Gasteiger partial charge in [0.15, 0.2) is 11.4 Å². The zero-order chi connectivity index (χ0) is 28.7. The number of pyridine rings is 1. The average Bonchev–Trinajstić information content (AvgIpc) is 3.39. The van der Waals surface area contributed by atoms with Gasteiger partial charge in [0, 0.05) is 46.3 Å². The van der Waals surface area contributed by atoms with Gasteiger partial charge in [0.2, 0.25) is 5.91 Å². The molecule has 1 aromatic carbocycles. The molecule has 4 aromatic rings. The summed E-state index contributed by atoms with van der Waals surface area (Å²) in [6.45, 7) is 2.26. The SMILES string of the molecule is CC(=O)c1c(C2CC3N(C(=O)C(C)(CO)CO)C4CCC243)nc2c(-c3ccc(-c4ccccc4)nc3)cnn2c1N. The first-order valence-corrected chi connectivity index (χ1v) is 14.0. The molecule has 4 heterocycles. The van der Waals surface area contributed by atoms with Gasteiger partial charge in [-0.05, 0) is 39.2 Å². The lowest BCUT2D eigenvalue weighted by Gasteiger charge is -2.80. The lowest BCUT2D eigenvalue weighted by molar-refractivity contribution is -0.275. The third-order valence-electron chi connectivity index (χ3n) is 9.86. The summed E-state index contributed by atoms with van der Waals surface area (Å²) in [5.74, 6) is -0.162. The van der Waals surface area contributed by atoms with Gasteiger partial charge in [-0.2, -0.15) is 9.61 Å².